The van der Waals surface area contributed by atoms with Gasteiger partial charge in [0.05, 0.1) is 5.69 Å². The van der Waals surface area contributed by atoms with Gasteiger partial charge in [0, 0.05) is 6.07 Å². The second-order valence-electron chi connectivity index (χ2n) is 4.10. The maximum atomic E-state index is 12.0. The zero-order chi connectivity index (χ0) is 15.5. The molecule has 0 unspecified atom stereocenters. The lowest BCUT2D eigenvalue weighted by atomic mass is 10.3. The number of halogens is 3. The Morgan fingerprint density at radius 2 is 1.81 bits per heavy atom. The Morgan fingerprint density at radius 3 is 2.43 bits per heavy atom. The first kappa shape index (κ1) is 14.8. The average molecular weight is 297 g/mol. The molecule has 1 N–H and O–H groups in total. The number of carbonyl (C=O) groups is 1. The first-order valence-electron chi connectivity index (χ1n) is 5.87. The molecule has 0 aliphatic heterocycles. The lowest BCUT2D eigenvalue weighted by molar-refractivity contribution is -0.123. The standard InChI is InChI=1S/C13H10F3N3O2/c14-13(15,16)8-17-12(21)10-6-7-11(20)19(18-10)9-4-2-1-3-5-9/h1-7H,8H2,(H,17,21). The predicted octanol–water partition coefficient (Wildman–Crippen LogP) is 1.52. The van der Waals surface area contributed by atoms with Crippen LogP contribution in [0.2, 0.25) is 0 Å². The number of hydrogen-bond acceptors (Lipinski definition) is 3. The molecule has 2 rings (SSSR count). The lowest BCUT2D eigenvalue weighted by Gasteiger charge is -2.09. The molecule has 0 spiro atoms. The Kier molecular flexibility index (Phi) is 4.06. The molecule has 0 fully saturated rings. The van der Waals surface area contributed by atoms with Crippen molar-refractivity contribution in [1.82, 2.24) is 15.1 Å². The quantitative estimate of drug-likeness (QED) is 0.934. The van der Waals surface area contributed by atoms with Gasteiger partial charge in [0.2, 0.25) is 0 Å². The Morgan fingerprint density at radius 1 is 1.14 bits per heavy atom. The summed E-state index contributed by atoms with van der Waals surface area (Å²) in [4.78, 5) is 23.3. The van der Waals surface area contributed by atoms with Crippen LogP contribution in [0.1, 0.15) is 10.5 Å². The van der Waals surface area contributed by atoms with E-state index in [1.807, 2.05) is 0 Å². The van der Waals surface area contributed by atoms with Gasteiger partial charge in [-0.2, -0.15) is 23.0 Å². The molecule has 1 aromatic carbocycles. The highest BCUT2D eigenvalue weighted by atomic mass is 19.4. The van der Waals surface area contributed by atoms with E-state index in [4.69, 9.17) is 0 Å². The van der Waals surface area contributed by atoms with Gasteiger partial charge in [0.15, 0.2) is 0 Å². The van der Waals surface area contributed by atoms with Crippen LogP contribution in [0.4, 0.5) is 13.2 Å². The Balaban J connectivity index is 2.27. The number of carbonyl (C=O) groups excluding carboxylic acids is 1. The summed E-state index contributed by atoms with van der Waals surface area (Å²) < 4.78 is 37.1. The number of nitrogens with zero attached hydrogens (tertiary/aromatic N) is 2. The lowest BCUT2D eigenvalue weighted by Crippen LogP contribution is -2.35. The van der Waals surface area contributed by atoms with Gasteiger partial charge >= 0.3 is 6.18 Å². The van der Waals surface area contributed by atoms with Crippen LogP contribution in [0.15, 0.2) is 47.3 Å². The number of nitrogens with one attached hydrogen (secondary N) is 1. The van der Waals surface area contributed by atoms with Crippen LogP contribution in [0, 0.1) is 0 Å². The van der Waals surface area contributed by atoms with Crippen LogP contribution in [-0.2, 0) is 0 Å². The second kappa shape index (κ2) is 5.78. The summed E-state index contributed by atoms with van der Waals surface area (Å²) in [5.41, 5.74) is -0.357. The third-order valence-electron chi connectivity index (χ3n) is 2.48. The summed E-state index contributed by atoms with van der Waals surface area (Å²) in [6.07, 6.45) is -4.51. The number of benzene rings is 1. The highest BCUT2D eigenvalue weighted by molar-refractivity contribution is 5.92. The smallest absolute Gasteiger partial charge is 0.342 e. The molecule has 0 radical (unpaired) electrons. The summed E-state index contributed by atoms with van der Waals surface area (Å²) in [6, 6.07) is 10.4. The largest absolute Gasteiger partial charge is 0.405 e. The van der Waals surface area contributed by atoms with Crippen LogP contribution in [-0.4, -0.2) is 28.4 Å². The molecule has 8 heteroatoms. The van der Waals surface area contributed by atoms with E-state index in [2.05, 4.69) is 5.10 Å². The van der Waals surface area contributed by atoms with Gasteiger partial charge in [0.25, 0.3) is 11.5 Å². The molecule has 0 aliphatic rings. The second-order valence-corrected chi connectivity index (χ2v) is 4.10. The van der Waals surface area contributed by atoms with E-state index in [1.165, 1.54) is 0 Å². The van der Waals surface area contributed by atoms with Crippen molar-refractivity contribution >= 4 is 5.91 Å². The van der Waals surface area contributed by atoms with Crippen LogP contribution in [0.3, 0.4) is 0 Å². The van der Waals surface area contributed by atoms with Crippen molar-refractivity contribution in [1.29, 1.82) is 0 Å². The third-order valence-corrected chi connectivity index (χ3v) is 2.48. The summed E-state index contributed by atoms with van der Waals surface area (Å²) in [5.74, 6) is -1.00. The number of rotatable bonds is 3. The first-order chi connectivity index (χ1) is 9.87. The zero-order valence-corrected chi connectivity index (χ0v) is 10.6. The minimum atomic E-state index is -4.51. The summed E-state index contributed by atoms with van der Waals surface area (Å²) in [5, 5.41) is 5.46. The van der Waals surface area contributed by atoms with E-state index in [1.54, 1.807) is 35.6 Å². The summed E-state index contributed by atoms with van der Waals surface area (Å²) in [6.45, 7) is -1.46. The highest BCUT2D eigenvalue weighted by Gasteiger charge is 2.28. The molecule has 1 aromatic heterocycles. The SMILES string of the molecule is O=C(NCC(F)(F)F)c1ccc(=O)n(-c2ccccc2)n1. The summed E-state index contributed by atoms with van der Waals surface area (Å²) in [7, 11) is 0. The molecule has 2 aromatic rings. The maximum Gasteiger partial charge on any atom is 0.405 e. The van der Waals surface area contributed by atoms with Gasteiger partial charge < -0.3 is 5.32 Å². The normalized spacial score (nSPS) is 11.2. The fraction of sp³-hybridized carbons (Fsp3) is 0.154. The zero-order valence-electron chi connectivity index (χ0n) is 10.6. The molecule has 0 bridgehead atoms. The maximum absolute atomic E-state index is 12.0. The number of aromatic nitrogens is 2. The number of para-hydroxylation sites is 1. The minimum absolute atomic E-state index is 0.275. The first-order valence-corrected chi connectivity index (χ1v) is 5.87. The van der Waals surface area contributed by atoms with Crippen LogP contribution < -0.4 is 10.9 Å². The van der Waals surface area contributed by atoms with Gasteiger partial charge in [-0.05, 0) is 18.2 Å². The van der Waals surface area contributed by atoms with E-state index in [0.717, 1.165) is 16.8 Å². The topological polar surface area (TPSA) is 64.0 Å². The fourth-order valence-electron chi connectivity index (χ4n) is 1.56. The van der Waals surface area contributed by atoms with Crippen LogP contribution in [0.25, 0.3) is 5.69 Å². The molecule has 1 amide bonds. The molecule has 0 saturated carbocycles. The minimum Gasteiger partial charge on any atom is -0.342 e. The van der Waals surface area contributed by atoms with Crippen LogP contribution >= 0.6 is 0 Å². The van der Waals surface area contributed by atoms with E-state index in [-0.39, 0.29) is 5.69 Å². The molecular weight excluding hydrogens is 287 g/mol. The molecule has 110 valence electrons. The molecule has 21 heavy (non-hydrogen) atoms. The molecular formula is C13H10F3N3O2. The van der Waals surface area contributed by atoms with Gasteiger partial charge in [0.1, 0.15) is 12.2 Å². The Bertz CT molecular complexity index is 696. The van der Waals surface area contributed by atoms with Crippen molar-refractivity contribution in [2.24, 2.45) is 0 Å². The number of hydrogen-bond donors (Lipinski definition) is 1. The number of amides is 1. The van der Waals surface area contributed by atoms with E-state index < -0.39 is 24.2 Å². The van der Waals surface area contributed by atoms with Crippen molar-refractivity contribution in [3.05, 3.63) is 58.5 Å². The monoisotopic (exact) mass is 297 g/mol. The predicted molar refractivity (Wildman–Crippen MR) is 68.2 cm³/mol. The average Bonchev–Trinajstić information content (AvgIpc) is 2.45. The molecule has 0 atom stereocenters. The van der Waals surface area contributed by atoms with Gasteiger partial charge in [-0.1, -0.05) is 18.2 Å². The van der Waals surface area contributed by atoms with E-state index >= 15 is 0 Å². The van der Waals surface area contributed by atoms with Gasteiger partial charge in [-0.25, -0.2) is 0 Å². The Hall–Kier alpha value is -2.64. The van der Waals surface area contributed by atoms with E-state index in [0.29, 0.717) is 5.69 Å². The number of alkyl halides is 3. The third kappa shape index (κ3) is 3.91. The Labute approximate surface area is 117 Å². The van der Waals surface area contributed by atoms with Crippen molar-refractivity contribution < 1.29 is 18.0 Å². The highest BCUT2D eigenvalue weighted by Crippen LogP contribution is 2.12. The van der Waals surface area contributed by atoms with Crippen molar-refractivity contribution in [2.75, 3.05) is 6.54 Å². The van der Waals surface area contributed by atoms with Crippen LogP contribution in [0.5, 0.6) is 0 Å². The molecule has 0 aliphatic carbocycles. The van der Waals surface area contributed by atoms with E-state index in [9.17, 15) is 22.8 Å². The van der Waals surface area contributed by atoms with Crippen molar-refractivity contribution in [2.45, 2.75) is 6.18 Å². The molecule has 5 nitrogen and oxygen atoms in total. The van der Waals surface area contributed by atoms with Crippen molar-refractivity contribution in [3.8, 4) is 5.69 Å². The van der Waals surface area contributed by atoms with Gasteiger partial charge in [-0.15, -0.1) is 0 Å². The summed E-state index contributed by atoms with van der Waals surface area (Å²) >= 11 is 0. The molecule has 0 saturated heterocycles. The fourth-order valence-corrected chi connectivity index (χ4v) is 1.56. The molecule has 1 heterocycles. The van der Waals surface area contributed by atoms with Crippen molar-refractivity contribution in [3.63, 3.8) is 0 Å². The van der Waals surface area contributed by atoms with Gasteiger partial charge in [-0.3, -0.25) is 9.59 Å².